The molecule has 0 saturated carbocycles. The number of ether oxygens (including phenoxy) is 1. The molecular formula is C15H11F3N2O3. The van der Waals surface area contributed by atoms with Crippen molar-refractivity contribution in [3.05, 3.63) is 63.3 Å². The van der Waals surface area contributed by atoms with Crippen LogP contribution in [0.3, 0.4) is 0 Å². The SMILES string of the molecule is COC(=O)c1ccc(C=Cc2cc(C(F)(F)F)[nH]c(=O)n2)cc1. The molecule has 0 aliphatic carbocycles. The van der Waals surface area contributed by atoms with Gasteiger partial charge in [0.15, 0.2) is 0 Å². The van der Waals surface area contributed by atoms with E-state index in [0.29, 0.717) is 11.1 Å². The zero-order valence-corrected chi connectivity index (χ0v) is 11.8. The summed E-state index contributed by atoms with van der Waals surface area (Å²) in [5, 5.41) is 0. The van der Waals surface area contributed by atoms with Crippen LogP contribution in [0.25, 0.3) is 12.2 Å². The zero-order chi connectivity index (χ0) is 17.0. The van der Waals surface area contributed by atoms with E-state index in [0.717, 1.165) is 6.07 Å². The van der Waals surface area contributed by atoms with Crippen LogP contribution in [0.15, 0.2) is 35.1 Å². The van der Waals surface area contributed by atoms with Crippen LogP contribution in [0.4, 0.5) is 13.2 Å². The lowest BCUT2D eigenvalue weighted by molar-refractivity contribution is -0.141. The van der Waals surface area contributed by atoms with Gasteiger partial charge in [-0.25, -0.2) is 9.59 Å². The third kappa shape index (κ3) is 4.29. The molecule has 23 heavy (non-hydrogen) atoms. The molecule has 1 N–H and O–H groups in total. The Morgan fingerprint density at radius 3 is 2.43 bits per heavy atom. The van der Waals surface area contributed by atoms with E-state index in [9.17, 15) is 22.8 Å². The molecule has 2 aromatic rings. The number of carbonyl (C=O) groups excluding carboxylic acids is 1. The standard InChI is InChI=1S/C15H11F3N2O3/c1-23-13(21)10-5-2-9(3-6-10)4-7-11-8-12(15(16,17)18)20-14(22)19-11/h2-8H,1H3,(H,19,20,22). The van der Waals surface area contributed by atoms with Gasteiger partial charge in [0, 0.05) is 0 Å². The topological polar surface area (TPSA) is 72.1 Å². The molecule has 0 atom stereocenters. The molecule has 0 aliphatic heterocycles. The lowest BCUT2D eigenvalue weighted by Crippen LogP contribution is -2.19. The molecule has 0 fully saturated rings. The lowest BCUT2D eigenvalue weighted by atomic mass is 10.1. The van der Waals surface area contributed by atoms with E-state index in [-0.39, 0.29) is 5.69 Å². The van der Waals surface area contributed by atoms with Gasteiger partial charge >= 0.3 is 17.8 Å². The van der Waals surface area contributed by atoms with Crippen LogP contribution in [0, 0.1) is 0 Å². The molecule has 0 aliphatic rings. The maximum Gasteiger partial charge on any atom is 0.431 e. The molecule has 1 aromatic carbocycles. The van der Waals surface area contributed by atoms with Gasteiger partial charge in [0.1, 0.15) is 5.69 Å². The van der Waals surface area contributed by atoms with Gasteiger partial charge in [-0.1, -0.05) is 18.2 Å². The smallest absolute Gasteiger partial charge is 0.431 e. The van der Waals surface area contributed by atoms with Crippen molar-refractivity contribution in [2.45, 2.75) is 6.18 Å². The van der Waals surface area contributed by atoms with Crippen molar-refractivity contribution in [3.63, 3.8) is 0 Å². The highest BCUT2D eigenvalue weighted by Crippen LogP contribution is 2.27. The number of halogens is 3. The van der Waals surface area contributed by atoms with Crippen LogP contribution in [0.1, 0.15) is 27.3 Å². The quantitative estimate of drug-likeness (QED) is 0.881. The summed E-state index contributed by atoms with van der Waals surface area (Å²) in [6.45, 7) is 0. The number of hydrogen-bond donors (Lipinski definition) is 1. The highest BCUT2D eigenvalue weighted by Gasteiger charge is 2.32. The maximum atomic E-state index is 12.6. The number of esters is 1. The second-order valence-electron chi connectivity index (χ2n) is 4.47. The number of nitrogens with one attached hydrogen (secondary N) is 1. The van der Waals surface area contributed by atoms with Crippen LogP contribution < -0.4 is 5.69 Å². The number of alkyl halides is 3. The first-order valence-electron chi connectivity index (χ1n) is 6.34. The third-order valence-electron chi connectivity index (χ3n) is 2.85. The highest BCUT2D eigenvalue weighted by atomic mass is 19.4. The number of rotatable bonds is 3. The Labute approximate surface area is 128 Å². The summed E-state index contributed by atoms with van der Waals surface area (Å²) in [7, 11) is 1.26. The summed E-state index contributed by atoms with van der Waals surface area (Å²) in [6.07, 6.45) is -1.91. The van der Waals surface area contributed by atoms with Crippen molar-refractivity contribution in [3.8, 4) is 0 Å². The van der Waals surface area contributed by atoms with Crippen molar-refractivity contribution < 1.29 is 22.7 Å². The van der Waals surface area contributed by atoms with Crippen LogP contribution in [-0.4, -0.2) is 23.0 Å². The third-order valence-corrected chi connectivity index (χ3v) is 2.85. The fourth-order valence-corrected chi connectivity index (χ4v) is 1.74. The number of nitrogens with zero attached hydrogens (tertiary/aromatic N) is 1. The molecule has 5 nitrogen and oxygen atoms in total. The largest absolute Gasteiger partial charge is 0.465 e. The van der Waals surface area contributed by atoms with Gasteiger partial charge < -0.3 is 9.72 Å². The normalized spacial score (nSPS) is 11.7. The van der Waals surface area contributed by atoms with Crippen LogP contribution in [0.2, 0.25) is 0 Å². The van der Waals surface area contributed by atoms with Crippen LogP contribution in [-0.2, 0) is 10.9 Å². The number of carbonyl (C=O) groups is 1. The fourth-order valence-electron chi connectivity index (χ4n) is 1.74. The van der Waals surface area contributed by atoms with E-state index in [2.05, 4.69) is 9.72 Å². The first-order valence-corrected chi connectivity index (χ1v) is 6.34. The van der Waals surface area contributed by atoms with E-state index < -0.39 is 23.5 Å². The molecule has 0 unspecified atom stereocenters. The Bertz CT molecular complexity index is 793. The molecule has 0 saturated heterocycles. The minimum Gasteiger partial charge on any atom is -0.465 e. The van der Waals surface area contributed by atoms with E-state index in [4.69, 9.17) is 0 Å². The van der Waals surface area contributed by atoms with Gasteiger partial charge in [-0.05, 0) is 29.8 Å². The highest BCUT2D eigenvalue weighted by molar-refractivity contribution is 5.89. The summed E-state index contributed by atoms with van der Waals surface area (Å²) in [5.41, 5.74) is -1.41. The number of H-pyrrole nitrogens is 1. The first kappa shape index (κ1) is 16.5. The Balaban J connectivity index is 2.25. The number of hydrogen-bond acceptors (Lipinski definition) is 4. The van der Waals surface area contributed by atoms with Crippen molar-refractivity contribution in [1.29, 1.82) is 0 Å². The van der Waals surface area contributed by atoms with Crippen molar-refractivity contribution in [1.82, 2.24) is 9.97 Å². The van der Waals surface area contributed by atoms with Gasteiger partial charge in [-0.15, -0.1) is 0 Å². The van der Waals surface area contributed by atoms with Crippen molar-refractivity contribution in [2.75, 3.05) is 7.11 Å². The molecule has 1 heterocycles. The molecule has 8 heteroatoms. The summed E-state index contributed by atoms with van der Waals surface area (Å²) >= 11 is 0. The zero-order valence-electron chi connectivity index (χ0n) is 11.8. The molecular weight excluding hydrogens is 313 g/mol. The number of aromatic amines is 1. The lowest BCUT2D eigenvalue weighted by Gasteiger charge is -2.05. The second kappa shape index (κ2) is 6.47. The molecule has 0 bridgehead atoms. The fraction of sp³-hybridized carbons (Fsp3) is 0.133. The minimum absolute atomic E-state index is 0.127. The Kier molecular flexibility index (Phi) is 4.63. The second-order valence-corrected chi connectivity index (χ2v) is 4.47. The van der Waals surface area contributed by atoms with Crippen molar-refractivity contribution in [2.24, 2.45) is 0 Å². The van der Waals surface area contributed by atoms with Gasteiger partial charge in [0.2, 0.25) is 0 Å². The van der Waals surface area contributed by atoms with Crippen LogP contribution >= 0.6 is 0 Å². The Morgan fingerprint density at radius 2 is 1.87 bits per heavy atom. The summed E-state index contributed by atoms with van der Waals surface area (Å²) in [5.74, 6) is -0.494. The van der Waals surface area contributed by atoms with Gasteiger partial charge in [0.05, 0.1) is 18.4 Å². The molecule has 1 aromatic heterocycles. The monoisotopic (exact) mass is 324 g/mol. The average molecular weight is 324 g/mol. The van der Waals surface area contributed by atoms with E-state index in [1.54, 1.807) is 17.1 Å². The van der Waals surface area contributed by atoms with Gasteiger partial charge in [0.25, 0.3) is 0 Å². The van der Waals surface area contributed by atoms with Crippen LogP contribution in [0.5, 0.6) is 0 Å². The van der Waals surface area contributed by atoms with E-state index in [1.807, 2.05) is 0 Å². The molecule has 0 amide bonds. The van der Waals surface area contributed by atoms with Gasteiger partial charge in [-0.3, -0.25) is 0 Å². The molecule has 2 rings (SSSR count). The van der Waals surface area contributed by atoms with Crippen molar-refractivity contribution >= 4 is 18.1 Å². The number of methoxy groups -OCH3 is 1. The molecule has 0 radical (unpaired) electrons. The number of benzene rings is 1. The average Bonchev–Trinajstić information content (AvgIpc) is 2.51. The maximum absolute atomic E-state index is 12.6. The summed E-state index contributed by atoms with van der Waals surface area (Å²) in [6, 6.07) is 6.93. The summed E-state index contributed by atoms with van der Waals surface area (Å²) in [4.78, 5) is 27.5. The minimum atomic E-state index is -4.66. The predicted octanol–water partition coefficient (Wildman–Crippen LogP) is 2.75. The first-order chi connectivity index (χ1) is 10.8. The predicted molar refractivity (Wildman–Crippen MR) is 76.6 cm³/mol. The Morgan fingerprint density at radius 1 is 1.22 bits per heavy atom. The van der Waals surface area contributed by atoms with Gasteiger partial charge in [-0.2, -0.15) is 18.2 Å². The van der Waals surface area contributed by atoms with E-state index >= 15 is 0 Å². The van der Waals surface area contributed by atoms with E-state index in [1.165, 1.54) is 31.4 Å². The number of aromatic nitrogens is 2. The molecule has 120 valence electrons. The summed E-state index contributed by atoms with van der Waals surface area (Å²) < 4.78 is 42.3. The Hall–Kier alpha value is -2.90. The molecule has 0 spiro atoms.